The maximum absolute atomic E-state index is 12.3. The lowest BCUT2D eigenvalue weighted by molar-refractivity contribution is -0.274. The lowest BCUT2D eigenvalue weighted by atomic mass is 10.0. The van der Waals surface area contributed by atoms with E-state index in [9.17, 15) is 18.0 Å². The smallest absolute Gasteiger partial charge is 0.465 e. The number of halogens is 4. The van der Waals surface area contributed by atoms with Crippen molar-refractivity contribution in [3.05, 3.63) is 28.8 Å². The predicted molar refractivity (Wildman–Crippen MR) is 61.8 cm³/mol. The Kier molecular flexibility index (Phi) is 4.78. The van der Waals surface area contributed by atoms with E-state index in [1.807, 2.05) is 0 Å². The van der Waals surface area contributed by atoms with Gasteiger partial charge in [0.05, 0.1) is 24.3 Å². The van der Waals surface area contributed by atoms with Gasteiger partial charge in [-0.3, -0.25) is 0 Å². The first kappa shape index (κ1) is 15.3. The van der Waals surface area contributed by atoms with Gasteiger partial charge in [0.2, 0.25) is 0 Å². The monoisotopic (exact) mass is 337 g/mol. The molecule has 0 aromatic heterocycles. The van der Waals surface area contributed by atoms with Crippen molar-refractivity contribution in [3.63, 3.8) is 0 Å². The first-order chi connectivity index (χ1) is 8.82. The number of methoxy groups -OCH3 is 1. The Morgan fingerprint density at radius 2 is 2.11 bits per heavy atom. The molecule has 0 aliphatic carbocycles. The molecular weight excluding hydrogens is 331 g/mol. The fourth-order valence-corrected chi connectivity index (χ4v) is 1.93. The SMILES string of the molecule is COC(=O)c1cc(C#N)cc(OC(F)(F)F)c1CBr. The van der Waals surface area contributed by atoms with Gasteiger partial charge in [-0.25, -0.2) is 4.79 Å². The summed E-state index contributed by atoms with van der Waals surface area (Å²) in [6.07, 6.45) is -4.92. The molecule has 0 heterocycles. The Bertz CT molecular complexity index is 537. The van der Waals surface area contributed by atoms with E-state index in [4.69, 9.17) is 5.26 Å². The van der Waals surface area contributed by atoms with E-state index in [0.717, 1.165) is 19.2 Å². The Morgan fingerprint density at radius 3 is 2.53 bits per heavy atom. The minimum absolute atomic E-state index is 0.0387. The molecule has 4 nitrogen and oxygen atoms in total. The number of hydrogen-bond acceptors (Lipinski definition) is 4. The fraction of sp³-hybridized carbons (Fsp3) is 0.273. The zero-order chi connectivity index (χ0) is 14.6. The van der Waals surface area contributed by atoms with Crippen LogP contribution in [0.4, 0.5) is 13.2 Å². The molecule has 0 N–H and O–H groups in total. The molecule has 8 heteroatoms. The summed E-state index contributed by atoms with van der Waals surface area (Å²) in [4.78, 5) is 11.5. The van der Waals surface area contributed by atoms with Gasteiger partial charge in [0.1, 0.15) is 5.75 Å². The quantitative estimate of drug-likeness (QED) is 0.628. The number of esters is 1. The summed E-state index contributed by atoms with van der Waals surface area (Å²) in [6.45, 7) is 0. The zero-order valence-corrected chi connectivity index (χ0v) is 11.1. The van der Waals surface area contributed by atoms with E-state index >= 15 is 0 Å². The number of rotatable bonds is 3. The van der Waals surface area contributed by atoms with Crippen LogP contribution in [0.2, 0.25) is 0 Å². The van der Waals surface area contributed by atoms with Crippen molar-refractivity contribution in [3.8, 4) is 11.8 Å². The largest absolute Gasteiger partial charge is 0.573 e. The normalized spacial score (nSPS) is 10.7. The van der Waals surface area contributed by atoms with Crippen LogP contribution in [-0.2, 0) is 10.1 Å². The molecule has 0 saturated carbocycles. The zero-order valence-electron chi connectivity index (χ0n) is 9.55. The summed E-state index contributed by atoms with van der Waals surface area (Å²) in [7, 11) is 1.09. The van der Waals surface area contributed by atoms with Gasteiger partial charge in [-0.05, 0) is 12.1 Å². The van der Waals surface area contributed by atoms with Crippen molar-refractivity contribution in [2.45, 2.75) is 11.7 Å². The first-order valence-corrected chi connectivity index (χ1v) is 5.91. The number of ether oxygens (including phenoxy) is 2. The average molecular weight is 338 g/mol. The van der Waals surface area contributed by atoms with Gasteiger partial charge >= 0.3 is 12.3 Å². The molecule has 0 saturated heterocycles. The van der Waals surface area contributed by atoms with Crippen molar-refractivity contribution in [1.29, 1.82) is 5.26 Å². The topological polar surface area (TPSA) is 59.3 Å². The second kappa shape index (κ2) is 5.93. The standard InChI is InChI=1S/C11H7BrF3NO3/c1-18-10(17)7-2-6(5-16)3-9(8(7)4-12)19-11(13,14)15/h2-3H,4H2,1H3. The third kappa shape index (κ3) is 3.86. The number of hydrogen-bond donors (Lipinski definition) is 0. The third-order valence-electron chi connectivity index (χ3n) is 2.10. The van der Waals surface area contributed by atoms with Crippen LogP contribution in [0.25, 0.3) is 0 Å². The molecule has 0 fully saturated rings. The van der Waals surface area contributed by atoms with Crippen LogP contribution < -0.4 is 4.74 Å². The van der Waals surface area contributed by atoms with E-state index in [1.54, 1.807) is 6.07 Å². The van der Waals surface area contributed by atoms with Crippen LogP contribution in [0.5, 0.6) is 5.75 Å². The summed E-state index contributed by atoms with van der Waals surface area (Å²) >= 11 is 2.97. The molecule has 1 aromatic carbocycles. The Morgan fingerprint density at radius 1 is 1.47 bits per heavy atom. The Labute approximate surface area is 114 Å². The molecular formula is C11H7BrF3NO3. The predicted octanol–water partition coefficient (Wildman–Crippen LogP) is 3.14. The van der Waals surface area contributed by atoms with Crippen LogP contribution in [0.3, 0.4) is 0 Å². The van der Waals surface area contributed by atoms with Crippen molar-refractivity contribution < 1.29 is 27.4 Å². The number of alkyl halides is 4. The molecule has 0 spiro atoms. The number of carbonyl (C=O) groups excluding carboxylic acids is 1. The highest BCUT2D eigenvalue weighted by atomic mass is 79.9. The summed E-state index contributed by atoms with van der Waals surface area (Å²) in [5.74, 6) is -1.46. The lowest BCUT2D eigenvalue weighted by Gasteiger charge is -2.15. The number of benzene rings is 1. The highest BCUT2D eigenvalue weighted by Crippen LogP contribution is 2.32. The van der Waals surface area contributed by atoms with Gasteiger partial charge in [-0.2, -0.15) is 5.26 Å². The van der Waals surface area contributed by atoms with Crippen molar-refractivity contribution in [2.75, 3.05) is 7.11 Å². The molecule has 0 radical (unpaired) electrons. The highest BCUT2D eigenvalue weighted by Gasteiger charge is 2.33. The molecule has 0 atom stereocenters. The third-order valence-corrected chi connectivity index (χ3v) is 2.66. The van der Waals surface area contributed by atoms with Crippen LogP contribution in [0.15, 0.2) is 12.1 Å². The van der Waals surface area contributed by atoms with Crippen LogP contribution in [0.1, 0.15) is 21.5 Å². The molecule has 0 unspecified atom stereocenters. The van der Waals surface area contributed by atoms with Crippen molar-refractivity contribution in [1.82, 2.24) is 0 Å². The Balaban J connectivity index is 3.44. The molecule has 1 aromatic rings. The molecule has 0 bridgehead atoms. The molecule has 19 heavy (non-hydrogen) atoms. The van der Waals surface area contributed by atoms with Gasteiger partial charge in [-0.1, -0.05) is 15.9 Å². The van der Waals surface area contributed by atoms with Crippen LogP contribution in [0, 0.1) is 11.3 Å². The van der Waals surface area contributed by atoms with Crippen LogP contribution in [-0.4, -0.2) is 19.4 Å². The van der Waals surface area contributed by atoms with E-state index in [0.29, 0.717) is 0 Å². The second-order valence-corrected chi connectivity index (χ2v) is 3.85. The second-order valence-electron chi connectivity index (χ2n) is 3.29. The van der Waals surface area contributed by atoms with E-state index in [-0.39, 0.29) is 22.0 Å². The van der Waals surface area contributed by atoms with Gasteiger partial charge < -0.3 is 9.47 Å². The Hall–Kier alpha value is -1.75. The van der Waals surface area contributed by atoms with Gasteiger partial charge in [-0.15, -0.1) is 13.2 Å². The minimum atomic E-state index is -4.92. The van der Waals surface area contributed by atoms with Gasteiger partial charge in [0.15, 0.2) is 0 Å². The summed E-state index contributed by atoms with van der Waals surface area (Å²) in [5.41, 5.74) is -0.329. The highest BCUT2D eigenvalue weighted by molar-refractivity contribution is 9.08. The summed E-state index contributed by atoms with van der Waals surface area (Å²) in [6, 6.07) is 3.71. The lowest BCUT2D eigenvalue weighted by Crippen LogP contribution is -2.19. The van der Waals surface area contributed by atoms with Gasteiger partial charge in [0.25, 0.3) is 0 Å². The molecule has 0 amide bonds. The maximum Gasteiger partial charge on any atom is 0.573 e. The first-order valence-electron chi connectivity index (χ1n) is 4.79. The van der Waals surface area contributed by atoms with E-state index in [2.05, 4.69) is 25.4 Å². The molecule has 0 aliphatic rings. The van der Waals surface area contributed by atoms with Crippen molar-refractivity contribution in [2.24, 2.45) is 0 Å². The van der Waals surface area contributed by atoms with Crippen LogP contribution >= 0.6 is 15.9 Å². The fourth-order valence-electron chi connectivity index (χ4n) is 1.36. The maximum atomic E-state index is 12.3. The molecule has 102 valence electrons. The van der Waals surface area contributed by atoms with Gasteiger partial charge in [0, 0.05) is 10.9 Å². The number of nitrogens with zero attached hydrogens (tertiary/aromatic N) is 1. The van der Waals surface area contributed by atoms with E-state index < -0.39 is 18.1 Å². The summed E-state index contributed by atoms with van der Waals surface area (Å²) in [5, 5.41) is 8.69. The summed E-state index contributed by atoms with van der Waals surface area (Å²) < 4.78 is 45.1. The minimum Gasteiger partial charge on any atom is -0.465 e. The number of nitriles is 1. The van der Waals surface area contributed by atoms with E-state index in [1.165, 1.54) is 0 Å². The average Bonchev–Trinajstić information content (AvgIpc) is 2.34. The molecule has 1 rings (SSSR count). The number of carbonyl (C=O) groups is 1. The molecule has 0 aliphatic heterocycles. The van der Waals surface area contributed by atoms with Crippen molar-refractivity contribution >= 4 is 21.9 Å².